The van der Waals surface area contributed by atoms with Crippen molar-refractivity contribution in [1.82, 2.24) is 14.3 Å². The maximum atomic E-state index is 12.3. The Labute approximate surface area is 142 Å². The van der Waals surface area contributed by atoms with Crippen LogP contribution in [-0.4, -0.2) is 40.1 Å². The summed E-state index contributed by atoms with van der Waals surface area (Å²) in [6.07, 6.45) is 7.09. The SMILES string of the molecule is Cc1cccn2c(=O)cc(CN3CCCC(OCC4CC4)C3)nc12. The van der Waals surface area contributed by atoms with Gasteiger partial charge in [0.1, 0.15) is 5.65 Å². The Morgan fingerprint density at radius 1 is 1.33 bits per heavy atom. The second-order valence-electron chi connectivity index (χ2n) is 7.25. The van der Waals surface area contributed by atoms with E-state index >= 15 is 0 Å². The molecule has 5 heteroatoms. The third-order valence-corrected chi connectivity index (χ3v) is 5.05. The van der Waals surface area contributed by atoms with Gasteiger partial charge in [-0.05, 0) is 56.7 Å². The minimum absolute atomic E-state index is 0.00255. The smallest absolute Gasteiger partial charge is 0.258 e. The minimum Gasteiger partial charge on any atom is -0.377 e. The van der Waals surface area contributed by atoms with E-state index in [2.05, 4.69) is 4.90 Å². The van der Waals surface area contributed by atoms with Crippen molar-refractivity contribution >= 4 is 5.65 Å². The van der Waals surface area contributed by atoms with Crippen LogP contribution in [0.3, 0.4) is 0 Å². The van der Waals surface area contributed by atoms with Crippen LogP contribution in [0.25, 0.3) is 5.65 Å². The predicted molar refractivity (Wildman–Crippen MR) is 93.2 cm³/mol. The number of pyridine rings is 1. The second kappa shape index (κ2) is 6.65. The van der Waals surface area contributed by atoms with Crippen LogP contribution in [0.4, 0.5) is 0 Å². The Bertz CT molecular complexity index is 782. The number of aryl methyl sites for hydroxylation is 1. The molecule has 2 fully saturated rings. The highest BCUT2D eigenvalue weighted by atomic mass is 16.5. The molecule has 1 saturated heterocycles. The average Bonchev–Trinajstić information content (AvgIpc) is 3.39. The van der Waals surface area contributed by atoms with E-state index in [4.69, 9.17) is 9.72 Å². The monoisotopic (exact) mass is 327 g/mol. The standard InChI is InChI=1S/C19H25N3O2/c1-14-4-2-9-22-18(23)10-16(20-19(14)22)11-21-8-3-5-17(12-21)24-13-15-6-7-15/h2,4,9-10,15,17H,3,5-8,11-13H2,1H3. The molecule has 0 radical (unpaired) electrons. The maximum absolute atomic E-state index is 12.3. The third kappa shape index (κ3) is 3.52. The summed E-state index contributed by atoms with van der Waals surface area (Å²) in [6, 6.07) is 5.55. The fourth-order valence-electron chi connectivity index (χ4n) is 3.47. The van der Waals surface area contributed by atoms with Crippen molar-refractivity contribution in [2.75, 3.05) is 19.7 Å². The fraction of sp³-hybridized carbons (Fsp3) is 0.579. The Hall–Kier alpha value is -1.72. The van der Waals surface area contributed by atoms with Crippen LogP contribution >= 0.6 is 0 Å². The molecule has 1 unspecified atom stereocenters. The third-order valence-electron chi connectivity index (χ3n) is 5.05. The molecule has 1 aliphatic carbocycles. The number of hydrogen-bond acceptors (Lipinski definition) is 4. The summed E-state index contributed by atoms with van der Waals surface area (Å²) in [6.45, 7) is 5.64. The number of rotatable bonds is 5. The van der Waals surface area contributed by atoms with Gasteiger partial charge in [0.2, 0.25) is 0 Å². The molecule has 1 aliphatic heterocycles. The van der Waals surface area contributed by atoms with Crippen LogP contribution in [0.5, 0.6) is 0 Å². The normalized spacial score (nSPS) is 22.1. The van der Waals surface area contributed by atoms with E-state index in [1.807, 2.05) is 19.1 Å². The summed E-state index contributed by atoms with van der Waals surface area (Å²) < 4.78 is 7.68. The number of likely N-dealkylation sites (tertiary alicyclic amines) is 1. The number of hydrogen-bond donors (Lipinski definition) is 0. The molecule has 24 heavy (non-hydrogen) atoms. The molecule has 2 aromatic rings. The molecule has 3 heterocycles. The van der Waals surface area contributed by atoms with Crippen LogP contribution in [-0.2, 0) is 11.3 Å². The molecule has 0 amide bonds. The summed E-state index contributed by atoms with van der Waals surface area (Å²) in [5.74, 6) is 0.811. The molecule has 0 spiro atoms. The molecule has 128 valence electrons. The lowest BCUT2D eigenvalue weighted by atomic mass is 10.1. The first-order valence-electron chi connectivity index (χ1n) is 9.01. The van der Waals surface area contributed by atoms with Gasteiger partial charge in [0.15, 0.2) is 0 Å². The number of piperidine rings is 1. The lowest BCUT2D eigenvalue weighted by Gasteiger charge is -2.32. The number of ether oxygens (including phenoxy) is 1. The zero-order valence-electron chi connectivity index (χ0n) is 14.3. The second-order valence-corrected chi connectivity index (χ2v) is 7.25. The molecule has 2 aliphatic rings. The fourth-order valence-corrected chi connectivity index (χ4v) is 3.47. The van der Waals surface area contributed by atoms with E-state index < -0.39 is 0 Å². The van der Waals surface area contributed by atoms with Gasteiger partial charge in [0.25, 0.3) is 5.56 Å². The Morgan fingerprint density at radius 2 is 2.21 bits per heavy atom. The van der Waals surface area contributed by atoms with Gasteiger partial charge in [-0.1, -0.05) is 6.07 Å². The predicted octanol–water partition coefficient (Wildman–Crippen LogP) is 2.39. The van der Waals surface area contributed by atoms with Crippen molar-refractivity contribution in [3.05, 3.63) is 46.0 Å². The zero-order chi connectivity index (χ0) is 16.5. The Kier molecular flexibility index (Phi) is 4.37. The molecule has 5 nitrogen and oxygen atoms in total. The van der Waals surface area contributed by atoms with E-state index in [-0.39, 0.29) is 5.56 Å². The molecule has 1 atom stereocenters. The van der Waals surface area contributed by atoms with Crippen LogP contribution in [0.15, 0.2) is 29.2 Å². The van der Waals surface area contributed by atoms with Crippen molar-refractivity contribution in [2.45, 2.75) is 45.3 Å². The van der Waals surface area contributed by atoms with Crippen LogP contribution in [0.1, 0.15) is 36.9 Å². The van der Waals surface area contributed by atoms with Gasteiger partial charge >= 0.3 is 0 Å². The first-order chi connectivity index (χ1) is 11.7. The van der Waals surface area contributed by atoms with Gasteiger partial charge in [-0.25, -0.2) is 4.98 Å². The van der Waals surface area contributed by atoms with Crippen molar-refractivity contribution < 1.29 is 4.74 Å². The molecule has 2 aromatic heterocycles. The summed E-state index contributed by atoms with van der Waals surface area (Å²) in [5, 5.41) is 0. The molecule has 4 rings (SSSR count). The highest BCUT2D eigenvalue weighted by Crippen LogP contribution is 2.30. The number of nitrogens with zero attached hydrogens (tertiary/aromatic N) is 3. The minimum atomic E-state index is -0.00255. The van der Waals surface area contributed by atoms with Gasteiger partial charge in [0, 0.05) is 32.0 Å². The van der Waals surface area contributed by atoms with E-state index in [0.29, 0.717) is 6.10 Å². The lowest BCUT2D eigenvalue weighted by Crippen LogP contribution is -2.39. The van der Waals surface area contributed by atoms with Gasteiger partial charge in [-0.3, -0.25) is 14.1 Å². The van der Waals surface area contributed by atoms with E-state index in [9.17, 15) is 4.79 Å². The summed E-state index contributed by atoms with van der Waals surface area (Å²) >= 11 is 0. The molecule has 1 saturated carbocycles. The van der Waals surface area contributed by atoms with Crippen molar-refractivity contribution in [3.8, 4) is 0 Å². The van der Waals surface area contributed by atoms with Crippen LogP contribution < -0.4 is 5.56 Å². The summed E-state index contributed by atoms with van der Waals surface area (Å²) in [5.41, 5.74) is 2.65. The average molecular weight is 327 g/mol. The van der Waals surface area contributed by atoms with E-state index in [1.54, 1.807) is 16.7 Å². The maximum Gasteiger partial charge on any atom is 0.258 e. The summed E-state index contributed by atoms with van der Waals surface area (Å²) in [4.78, 5) is 19.4. The molecular weight excluding hydrogens is 302 g/mol. The number of fused-ring (bicyclic) bond motifs is 1. The van der Waals surface area contributed by atoms with Gasteiger partial charge < -0.3 is 4.74 Å². The van der Waals surface area contributed by atoms with Crippen molar-refractivity contribution in [1.29, 1.82) is 0 Å². The van der Waals surface area contributed by atoms with Crippen LogP contribution in [0, 0.1) is 12.8 Å². The highest BCUT2D eigenvalue weighted by molar-refractivity contribution is 5.46. The quantitative estimate of drug-likeness (QED) is 0.846. The highest BCUT2D eigenvalue weighted by Gasteiger charge is 2.26. The summed E-state index contributed by atoms with van der Waals surface area (Å²) in [7, 11) is 0. The Balaban J connectivity index is 1.46. The Morgan fingerprint density at radius 3 is 3.04 bits per heavy atom. The molecular formula is C19H25N3O2. The van der Waals surface area contributed by atoms with Gasteiger partial charge in [-0.15, -0.1) is 0 Å². The van der Waals surface area contributed by atoms with Gasteiger partial charge in [-0.2, -0.15) is 0 Å². The largest absolute Gasteiger partial charge is 0.377 e. The van der Waals surface area contributed by atoms with Crippen molar-refractivity contribution in [3.63, 3.8) is 0 Å². The molecule has 0 bridgehead atoms. The van der Waals surface area contributed by atoms with Crippen LogP contribution in [0.2, 0.25) is 0 Å². The van der Waals surface area contributed by atoms with Crippen molar-refractivity contribution in [2.24, 2.45) is 5.92 Å². The zero-order valence-corrected chi connectivity index (χ0v) is 14.3. The lowest BCUT2D eigenvalue weighted by molar-refractivity contribution is -0.00751. The van der Waals surface area contributed by atoms with E-state index in [0.717, 1.165) is 61.9 Å². The van der Waals surface area contributed by atoms with Gasteiger partial charge in [0.05, 0.1) is 11.8 Å². The first-order valence-corrected chi connectivity index (χ1v) is 9.01. The first kappa shape index (κ1) is 15.8. The molecule has 0 N–H and O–H groups in total. The van der Waals surface area contributed by atoms with E-state index in [1.165, 1.54) is 12.8 Å². The molecule has 0 aromatic carbocycles. The number of aromatic nitrogens is 2. The topological polar surface area (TPSA) is 46.8 Å².